The highest BCUT2D eigenvalue weighted by Crippen LogP contribution is 2.25. The zero-order valence-corrected chi connectivity index (χ0v) is 13.0. The second kappa shape index (κ2) is 4.69. The fraction of sp³-hybridized carbons (Fsp3) is 0.417. The summed E-state index contributed by atoms with van der Waals surface area (Å²) in [6.45, 7) is 0. The van der Waals surface area contributed by atoms with Crippen molar-refractivity contribution >= 4 is 34.7 Å². The lowest BCUT2D eigenvalue weighted by molar-refractivity contribution is -0.502. The number of amidine groups is 2. The maximum Gasteiger partial charge on any atom is 0.365 e. The van der Waals surface area contributed by atoms with Gasteiger partial charge < -0.3 is 4.57 Å². The molecule has 1 atom stereocenters. The highest BCUT2D eigenvalue weighted by atomic mass is 32.2. The molecule has 1 saturated heterocycles. The van der Waals surface area contributed by atoms with Crippen LogP contribution >= 0.6 is 11.8 Å². The Kier molecular flexibility index (Phi) is 3.08. The Morgan fingerprint density at radius 1 is 1.24 bits per heavy atom. The number of hydrogen-bond acceptors (Lipinski definition) is 5. The topological polar surface area (TPSA) is 73.8 Å². The molecular weight excluding hydrogens is 292 g/mol. The summed E-state index contributed by atoms with van der Waals surface area (Å²) in [4.78, 5) is 35.5. The fourth-order valence-corrected chi connectivity index (χ4v) is 3.15. The number of hydrogen-bond donors (Lipinski definition) is 0. The average Bonchev–Trinajstić information content (AvgIpc) is 3.00. The van der Waals surface area contributed by atoms with Gasteiger partial charge in [0, 0.05) is 45.3 Å². The molecule has 110 valence electrons. The van der Waals surface area contributed by atoms with E-state index in [1.807, 2.05) is 17.8 Å². The predicted molar refractivity (Wildman–Crippen MR) is 77.4 cm³/mol. The van der Waals surface area contributed by atoms with Crippen LogP contribution in [0.25, 0.3) is 0 Å². The summed E-state index contributed by atoms with van der Waals surface area (Å²) in [5, 5.41) is 1.42. The summed E-state index contributed by atoms with van der Waals surface area (Å²) in [7, 11) is 6.79. The van der Waals surface area contributed by atoms with Gasteiger partial charge in [-0.05, 0) is 4.99 Å². The monoisotopic (exact) mass is 307 g/mol. The zero-order valence-electron chi connectivity index (χ0n) is 12.1. The molecule has 0 N–H and O–H groups in total. The number of rotatable bonds is 1. The molecule has 3 heterocycles. The molecule has 0 aromatic carbocycles. The van der Waals surface area contributed by atoms with E-state index in [-0.39, 0.29) is 11.9 Å². The number of fused-ring (bicyclic) bond motifs is 1. The normalized spacial score (nSPS) is 22.1. The van der Waals surface area contributed by atoms with Crippen LogP contribution in [0.15, 0.2) is 22.5 Å². The van der Waals surface area contributed by atoms with Crippen molar-refractivity contribution in [1.29, 1.82) is 0 Å². The smallest absolute Gasteiger partial charge is 0.329 e. The minimum atomic E-state index is -0.555. The van der Waals surface area contributed by atoms with E-state index in [4.69, 9.17) is 0 Å². The Morgan fingerprint density at radius 2 is 1.95 bits per heavy atom. The Bertz CT molecular complexity index is 706. The van der Waals surface area contributed by atoms with Crippen molar-refractivity contribution in [2.24, 2.45) is 12.0 Å². The molecule has 3 amide bonds. The van der Waals surface area contributed by atoms with Crippen molar-refractivity contribution < 1.29 is 14.2 Å². The summed E-state index contributed by atoms with van der Waals surface area (Å²) < 4.78 is 3.65. The number of carbonyl (C=O) groups excluding carboxylic acids is 2. The van der Waals surface area contributed by atoms with Gasteiger partial charge in [0.05, 0.1) is 7.05 Å². The van der Waals surface area contributed by atoms with Gasteiger partial charge in [-0.15, -0.1) is 0 Å². The van der Waals surface area contributed by atoms with E-state index in [0.29, 0.717) is 11.0 Å². The van der Waals surface area contributed by atoms with Gasteiger partial charge >= 0.3 is 11.2 Å². The lowest BCUT2D eigenvalue weighted by Gasteiger charge is -2.29. The molecule has 1 unspecified atom stereocenters. The van der Waals surface area contributed by atoms with Gasteiger partial charge in [-0.25, -0.2) is 14.4 Å². The van der Waals surface area contributed by atoms with Crippen molar-refractivity contribution in [3.8, 4) is 0 Å². The molecule has 2 aliphatic rings. The number of likely N-dealkylation sites (N-methyl/N-ethyl adjacent to an activating group) is 3. The first-order valence-corrected chi connectivity index (χ1v) is 7.12. The number of carbonyl (C=O) groups is 2. The lowest BCUT2D eigenvalue weighted by atomic mass is 10.2. The Morgan fingerprint density at radius 3 is 2.57 bits per heavy atom. The molecule has 21 heavy (non-hydrogen) atoms. The second-order valence-electron chi connectivity index (χ2n) is 4.93. The van der Waals surface area contributed by atoms with Gasteiger partial charge in [-0.3, -0.25) is 14.6 Å². The Hall–Kier alpha value is -2.16. The van der Waals surface area contributed by atoms with Crippen molar-refractivity contribution in [1.82, 2.24) is 19.4 Å². The predicted octanol–water partition coefficient (Wildman–Crippen LogP) is -0.185. The second-order valence-corrected chi connectivity index (χ2v) is 5.86. The Labute approximate surface area is 125 Å². The summed E-state index contributed by atoms with van der Waals surface area (Å²) in [6.07, 6.45) is 3.54. The van der Waals surface area contributed by atoms with Crippen LogP contribution in [0, 0.1) is 0 Å². The maximum atomic E-state index is 12.3. The molecule has 9 heteroatoms. The minimum Gasteiger partial charge on any atom is -0.329 e. The summed E-state index contributed by atoms with van der Waals surface area (Å²) in [5.41, 5.74) is 0. The standard InChI is InChI=1S/C12H15N6O2S/c1-15-6-5-13-10(15)21-11-14-8-7(16(11)2)9(19)18(4)12(20)17(8)3/h5-7H,1-4H3/q+1. The number of aliphatic imine (C=N–C) groups is 1. The molecule has 0 bridgehead atoms. The van der Waals surface area contributed by atoms with E-state index >= 15 is 0 Å². The third-order valence-corrected chi connectivity index (χ3v) is 4.72. The quantitative estimate of drug-likeness (QED) is 0.674. The molecular formula is C12H15N6O2S+. The number of amides is 3. The molecule has 8 nitrogen and oxygen atoms in total. The van der Waals surface area contributed by atoms with Crippen LogP contribution < -0.4 is 0 Å². The third-order valence-electron chi connectivity index (χ3n) is 3.59. The SMILES string of the molecule is CN1C(=O)C2C(=NC(Sc3nccn3C)=[N+]2C)N(C)C1=O. The van der Waals surface area contributed by atoms with Crippen molar-refractivity contribution in [3.63, 3.8) is 0 Å². The first-order valence-electron chi connectivity index (χ1n) is 6.30. The largest absolute Gasteiger partial charge is 0.365 e. The minimum absolute atomic E-state index is 0.269. The van der Waals surface area contributed by atoms with Gasteiger partial charge in [0.1, 0.15) is 0 Å². The summed E-state index contributed by atoms with van der Waals surface area (Å²) in [5.74, 6) is 0.192. The number of aromatic nitrogens is 2. The van der Waals surface area contributed by atoms with Crippen LogP contribution in [0.3, 0.4) is 0 Å². The third kappa shape index (κ3) is 1.96. The van der Waals surface area contributed by atoms with Gasteiger partial charge in [0.15, 0.2) is 5.16 Å². The van der Waals surface area contributed by atoms with E-state index in [1.54, 1.807) is 24.9 Å². The van der Waals surface area contributed by atoms with Gasteiger partial charge in [-0.1, -0.05) is 0 Å². The molecule has 3 rings (SSSR count). The van der Waals surface area contributed by atoms with E-state index in [9.17, 15) is 9.59 Å². The molecule has 1 fully saturated rings. The lowest BCUT2D eigenvalue weighted by Crippen LogP contribution is -2.61. The summed E-state index contributed by atoms with van der Waals surface area (Å²) in [6, 6.07) is -0.924. The molecule has 0 aliphatic carbocycles. The van der Waals surface area contributed by atoms with Crippen LogP contribution in [0.4, 0.5) is 4.79 Å². The maximum absolute atomic E-state index is 12.3. The van der Waals surface area contributed by atoms with Crippen LogP contribution in [0.2, 0.25) is 0 Å². The highest BCUT2D eigenvalue weighted by molar-refractivity contribution is 8.13. The Balaban J connectivity index is 1.98. The molecule has 0 radical (unpaired) electrons. The van der Waals surface area contributed by atoms with Gasteiger partial charge in [0.25, 0.3) is 17.8 Å². The van der Waals surface area contributed by atoms with E-state index < -0.39 is 6.04 Å². The first kappa shape index (κ1) is 13.8. The number of imide groups is 1. The van der Waals surface area contributed by atoms with Gasteiger partial charge in [-0.2, -0.15) is 0 Å². The van der Waals surface area contributed by atoms with E-state index in [1.165, 1.54) is 23.7 Å². The molecule has 0 saturated carbocycles. The fourth-order valence-electron chi connectivity index (χ4n) is 2.28. The number of urea groups is 1. The molecule has 1 aromatic rings. The van der Waals surface area contributed by atoms with Crippen molar-refractivity contribution in [2.45, 2.75) is 11.2 Å². The number of aryl methyl sites for hydroxylation is 1. The van der Waals surface area contributed by atoms with Gasteiger partial charge in [0.2, 0.25) is 0 Å². The summed E-state index contributed by atoms with van der Waals surface area (Å²) >= 11 is 1.36. The van der Waals surface area contributed by atoms with Crippen LogP contribution in [0.1, 0.15) is 0 Å². The molecule has 1 aromatic heterocycles. The number of imidazole rings is 1. The van der Waals surface area contributed by atoms with Crippen molar-refractivity contribution in [3.05, 3.63) is 12.4 Å². The zero-order chi connectivity index (χ0) is 15.3. The van der Waals surface area contributed by atoms with E-state index in [0.717, 1.165) is 10.1 Å². The van der Waals surface area contributed by atoms with Crippen molar-refractivity contribution in [2.75, 3.05) is 21.1 Å². The number of thioether (sulfide) groups is 1. The number of nitrogens with zero attached hydrogens (tertiary/aromatic N) is 6. The average molecular weight is 307 g/mol. The van der Waals surface area contributed by atoms with Crippen LogP contribution in [0.5, 0.6) is 0 Å². The first-order chi connectivity index (χ1) is 9.91. The highest BCUT2D eigenvalue weighted by Gasteiger charge is 2.52. The van der Waals surface area contributed by atoms with E-state index in [2.05, 4.69) is 9.98 Å². The molecule has 0 spiro atoms. The van der Waals surface area contributed by atoms with Crippen LogP contribution in [-0.4, -0.2) is 74.1 Å². The van der Waals surface area contributed by atoms with Crippen LogP contribution in [-0.2, 0) is 11.8 Å². The molecule has 2 aliphatic heterocycles.